The van der Waals surface area contributed by atoms with Crippen molar-refractivity contribution in [3.05, 3.63) is 33.3 Å². The van der Waals surface area contributed by atoms with Crippen LogP contribution in [0.2, 0.25) is 10.0 Å². The van der Waals surface area contributed by atoms with Gasteiger partial charge >= 0.3 is 0 Å². The largest absolute Gasteiger partial charge is 0.294 e. The number of ketones is 1. The van der Waals surface area contributed by atoms with Gasteiger partial charge < -0.3 is 0 Å². The van der Waals surface area contributed by atoms with Gasteiger partial charge in [0.05, 0.1) is 10.0 Å². The van der Waals surface area contributed by atoms with Crippen LogP contribution in [0.5, 0.6) is 0 Å². The summed E-state index contributed by atoms with van der Waals surface area (Å²) in [6, 6.07) is 3.47. The van der Waals surface area contributed by atoms with E-state index in [1.165, 1.54) is 0 Å². The maximum atomic E-state index is 11.9. The summed E-state index contributed by atoms with van der Waals surface area (Å²) in [6.07, 6.45) is 0.748. The number of hydrogen-bond acceptors (Lipinski definition) is 1. The molecule has 1 aromatic carbocycles. The predicted octanol–water partition coefficient (Wildman–Crippen LogP) is 3.76. The van der Waals surface area contributed by atoms with Crippen LogP contribution < -0.4 is 0 Å². The number of benzene rings is 1. The molecule has 0 aliphatic heterocycles. The van der Waals surface area contributed by atoms with Crippen LogP contribution in [0, 0.1) is 5.41 Å². The van der Waals surface area contributed by atoms with Gasteiger partial charge in [-0.3, -0.25) is 4.79 Å². The van der Waals surface area contributed by atoms with Crippen molar-refractivity contribution in [1.82, 2.24) is 0 Å². The summed E-state index contributed by atoms with van der Waals surface area (Å²) in [7, 11) is 0. The highest BCUT2D eigenvalue weighted by Crippen LogP contribution is 2.39. The van der Waals surface area contributed by atoms with E-state index >= 15 is 0 Å². The van der Waals surface area contributed by atoms with Crippen LogP contribution in [0.1, 0.15) is 29.8 Å². The maximum Gasteiger partial charge on any atom is 0.169 e. The molecular weight excluding hydrogens is 219 g/mol. The Labute approximate surface area is 93.0 Å². The molecular formula is C11H10Cl2O. The minimum absolute atomic E-state index is 0.158. The molecule has 0 heterocycles. The third-order valence-electron chi connectivity index (χ3n) is 2.64. The van der Waals surface area contributed by atoms with E-state index in [9.17, 15) is 4.79 Å². The molecule has 2 rings (SSSR count). The number of rotatable bonds is 0. The molecule has 0 N–H and O–H groups in total. The average molecular weight is 229 g/mol. The lowest BCUT2D eigenvalue weighted by Crippen LogP contribution is -2.18. The van der Waals surface area contributed by atoms with Gasteiger partial charge in [-0.2, -0.15) is 0 Å². The van der Waals surface area contributed by atoms with E-state index in [4.69, 9.17) is 23.2 Å². The molecule has 0 fully saturated rings. The second-order valence-electron chi connectivity index (χ2n) is 4.31. The van der Waals surface area contributed by atoms with Crippen molar-refractivity contribution >= 4 is 29.0 Å². The first-order valence-electron chi connectivity index (χ1n) is 4.44. The van der Waals surface area contributed by atoms with Crippen LogP contribution in [0.4, 0.5) is 0 Å². The van der Waals surface area contributed by atoms with Crippen molar-refractivity contribution in [3.8, 4) is 0 Å². The first kappa shape index (κ1) is 10.0. The van der Waals surface area contributed by atoms with Crippen molar-refractivity contribution < 1.29 is 4.79 Å². The van der Waals surface area contributed by atoms with E-state index in [0.717, 1.165) is 17.5 Å². The summed E-state index contributed by atoms with van der Waals surface area (Å²) < 4.78 is 0. The Morgan fingerprint density at radius 1 is 1.21 bits per heavy atom. The molecule has 74 valence electrons. The molecule has 1 aliphatic rings. The normalized spacial score (nSPS) is 18.4. The zero-order chi connectivity index (χ0) is 10.5. The van der Waals surface area contributed by atoms with Crippen LogP contribution in [0.3, 0.4) is 0 Å². The highest BCUT2D eigenvalue weighted by molar-refractivity contribution is 6.42. The van der Waals surface area contributed by atoms with Crippen LogP contribution in [0.15, 0.2) is 12.1 Å². The Hall–Kier alpha value is -0.530. The van der Waals surface area contributed by atoms with Gasteiger partial charge in [-0.05, 0) is 24.1 Å². The molecule has 0 atom stereocenters. The van der Waals surface area contributed by atoms with E-state index in [1.807, 2.05) is 13.8 Å². The summed E-state index contributed by atoms with van der Waals surface area (Å²) in [5.41, 5.74) is 1.43. The van der Waals surface area contributed by atoms with Gasteiger partial charge in [-0.1, -0.05) is 37.0 Å². The summed E-state index contributed by atoms with van der Waals surface area (Å²) >= 11 is 11.8. The van der Waals surface area contributed by atoms with Gasteiger partial charge in [-0.15, -0.1) is 0 Å². The lowest BCUT2D eigenvalue weighted by Gasteiger charge is -2.12. The Balaban J connectivity index is 2.61. The van der Waals surface area contributed by atoms with Gasteiger partial charge in [0, 0.05) is 11.0 Å². The molecule has 0 radical (unpaired) electrons. The van der Waals surface area contributed by atoms with Crippen LogP contribution >= 0.6 is 23.2 Å². The molecule has 0 spiro atoms. The topological polar surface area (TPSA) is 17.1 Å². The molecule has 0 unspecified atom stereocenters. The second-order valence-corrected chi connectivity index (χ2v) is 5.13. The fourth-order valence-corrected chi connectivity index (χ4v) is 2.22. The van der Waals surface area contributed by atoms with Crippen LogP contribution in [-0.4, -0.2) is 5.78 Å². The number of Topliss-reactive ketones (excluding diaryl/α,β-unsaturated/α-hetero) is 1. The highest BCUT2D eigenvalue weighted by atomic mass is 35.5. The van der Waals surface area contributed by atoms with Crippen molar-refractivity contribution in [3.63, 3.8) is 0 Å². The van der Waals surface area contributed by atoms with Gasteiger partial charge in [0.15, 0.2) is 5.78 Å². The van der Waals surface area contributed by atoms with Crippen LogP contribution in [-0.2, 0) is 6.42 Å². The Kier molecular flexibility index (Phi) is 2.13. The number of carbonyl (C=O) groups excluding carboxylic acids is 1. The zero-order valence-corrected chi connectivity index (χ0v) is 9.54. The fraction of sp³-hybridized carbons (Fsp3) is 0.364. The van der Waals surface area contributed by atoms with Gasteiger partial charge in [0.25, 0.3) is 0 Å². The summed E-state index contributed by atoms with van der Waals surface area (Å²) in [5.74, 6) is 0.158. The molecule has 1 nitrogen and oxygen atoms in total. The van der Waals surface area contributed by atoms with Gasteiger partial charge in [-0.25, -0.2) is 0 Å². The van der Waals surface area contributed by atoms with Crippen molar-refractivity contribution in [2.75, 3.05) is 0 Å². The zero-order valence-electron chi connectivity index (χ0n) is 8.03. The van der Waals surface area contributed by atoms with E-state index in [2.05, 4.69) is 0 Å². The van der Waals surface area contributed by atoms with Crippen molar-refractivity contribution in [2.24, 2.45) is 5.41 Å². The van der Waals surface area contributed by atoms with E-state index in [1.54, 1.807) is 12.1 Å². The van der Waals surface area contributed by atoms with Crippen molar-refractivity contribution in [2.45, 2.75) is 20.3 Å². The van der Waals surface area contributed by atoms with E-state index in [-0.39, 0.29) is 11.2 Å². The second kappa shape index (κ2) is 2.98. The lowest BCUT2D eigenvalue weighted by molar-refractivity contribution is 0.0863. The maximum absolute atomic E-state index is 11.9. The molecule has 0 bridgehead atoms. The molecule has 14 heavy (non-hydrogen) atoms. The number of fused-ring (bicyclic) bond motifs is 1. The molecule has 1 aromatic rings. The van der Waals surface area contributed by atoms with Crippen molar-refractivity contribution in [1.29, 1.82) is 0 Å². The Morgan fingerprint density at radius 3 is 2.43 bits per heavy atom. The molecule has 0 aromatic heterocycles. The summed E-state index contributed by atoms with van der Waals surface area (Å²) in [5, 5.41) is 0.979. The molecule has 1 aliphatic carbocycles. The predicted molar refractivity (Wildman–Crippen MR) is 58.3 cm³/mol. The van der Waals surface area contributed by atoms with Gasteiger partial charge in [0.2, 0.25) is 0 Å². The quantitative estimate of drug-likeness (QED) is 0.661. The minimum atomic E-state index is -0.309. The first-order chi connectivity index (χ1) is 6.42. The average Bonchev–Trinajstić information content (AvgIpc) is 2.28. The number of halogens is 2. The standard InChI is InChI=1S/C11H10Cl2O/c1-11(2)5-6-3-8(12)9(13)4-7(6)10(11)14/h3-4H,5H2,1-2H3. The molecule has 0 saturated heterocycles. The SMILES string of the molecule is CC1(C)Cc2cc(Cl)c(Cl)cc2C1=O. The summed E-state index contributed by atoms with van der Waals surface area (Å²) in [4.78, 5) is 11.9. The molecule has 0 saturated carbocycles. The smallest absolute Gasteiger partial charge is 0.169 e. The summed E-state index contributed by atoms with van der Waals surface area (Å²) in [6.45, 7) is 3.88. The third kappa shape index (κ3) is 1.35. The fourth-order valence-electron chi connectivity index (χ4n) is 1.87. The molecule has 0 amide bonds. The Bertz CT molecular complexity index is 422. The monoisotopic (exact) mass is 228 g/mol. The molecule has 3 heteroatoms. The first-order valence-corrected chi connectivity index (χ1v) is 5.20. The van der Waals surface area contributed by atoms with E-state index < -0.39 is 0 Å². The third-order valence-corrected chi connectivity index (χ3v) is 3.36. The van der Waals surface area contributed by atoms with E-state index in [0.29, 0.717) is 10.0 Å². The highest BCUT2D eigenvalue weighted by Gasteiger charge is 2.37. The number of hydrogen-bond donors (Lipinski definition) is 0. The Morgan fingerprint density at radius 2 is 1.79 bits per heavy atom. The van der Waals surface area contributed by atoms with Gasteiger partial charge in [0.1, 0.15) is 0 Å². The number of carbonyl (C=O) groups is 1. The minimum Gasteiger partial charge on any atom is -0.294 e. The van der Waals surface area contributed by atoms with Crippen LogP contribution in [0.25, 0.3) is 0 Å². The lowest BCUT2D eigenvalue weighted by atomic mass is 9.89.